The maximum Gasteiger partial charge on any atom is 0.553 e. The number of rotatable bonds is 5. The van der Waals surface area contributed by atoms with E-state index in [9.17, 15) is 0 Å². The van der Waals surface area contributed by atoms with Gasteiger partial charge in [0.05, 0.1) is 0 Å². The van der Waals surface area contributed by atoms with Gasteiger partial charge in [0.2, 0.25) is 21.0 Å². The predicted octanol–water partition coefficient (Wildman–Crippen LogP) is -2.28. The van der Waals surface area contributed by atoms with Gasteiger partial charge in [-0.25, -0.2) is 0 Å². The van der Waals surface area contributed by atoms with Crippen molar-refractivity contribution in [2.75, 3.05) is 6.54 Å². The summed E-state index contributed by atoms with van der Waals surface area (Å²) in [6, 6.07) is 0.595. The van der Waals surface area contributed by atoms with Crippen LogP contribution in [0, 0.1) is 0 Å². The first-order valence-corrected chi connectivity index (χ1v) is 12.9. The molecule has 0 aromatic heterocycles. The number of hydrogen-bond donors (Lipinski definition) is 3. The van der Waals surface area contributed by atoms with Crippen LogP contribution < -0.4 is 5.73 Å². The summed E-state index contributed by atoms with van der Waals surface area (Å²) < 4.78 is 37.4. The molecule has 2 rings (SSSR count). The molecular weight excluding hydrogens is 506 g/mol. The van der Waals surface area contributed by atoms with Gasteiger partial charge in [-0.05, 0) is 13.0 Å². The maximum absolute atomic E-state index is 9.00. The zero-order valence-corrected chi connectivity index (χ0v) is 20.5. The molecule has 0 atom stereocenters. The van der Waals surface area contributed by atoms with Crippen molar-refractivity contribution >= 4 is 70.3 Å². The molecule has 0 spiro atoms. The molecule has 0 amide bonds. The number of hydrogen-bond acceptors (Lipinski definition) is 10. The predicted molar refractivity (Wildman–Crippen MR) is 87.2 cm³/mol. The summed E-state index contributed by atoms with van der Waals surface area (Å²) in [6.45, 7) is 2.70. The van der Waals surface area contributed by atoms with Crippen LogP contribution in [0.2, 0.25) is 6.04 Å². The van der Waals surface area contributed by atoms with Crippen molar-refractivity contribution in [3.8, 4) is 0 Å². The molecule has 2 bridgehead atoms. The van der Waals surface area contributed by atoms with E-state index in [1.165, 1.54) is 0 Å². The molecule has 4 N–H and O–H groups in total. The van der Waals surface area contributed by atoms with Gasteiger partial charge in [-0.3, -0.25) is 9.59 Å². The number of aliphatic carboxylic acids is 2. The summed E-state index contributed by atoms with van der Waals surface area (Å²) in [7, 11) is -2.76. The van der Waals surface area contributed by atoms with Crippen LogP contribution in [0.15, 0.2) is 0 Å². The Morgan fingerprint density at radius 3 is 1.73 bits per heavy atom. The third kappa shape index (κ3) is 12.8. The van der Waals surface area contributed by atoms with Crippen molar-refractivity contribution < 1.29 is 65.7 Å². The fourth-order valence-corrected chi connectivity index (χ4v) is 13.7. The summed E-state index contributed by atoms with van der Waals surface area (Å²) >= 11 is 0. The fourth-order valence-electron chi connectivity index (χ4n) is 1.24. The van der Waals surface area contributed by atoms with E-state index in [1.54, 1.807) is 0 Å². The molecule has 26 heavy (non-hydrogen) atoms. The zero-order chi connectivity index (χ0) is 19.5. The van der Waals surface area contributed by atoms with Gasteiger partial charge in [0, 0.05) is 37.0 Å². The molecule has 0 saturated carbocycles. The molecule has 0 aliphatic carbocycles. The average molecular weight is 522 g/mol. The molecular formula is C7H16CuNO11Si6. The average Bonchev–Trinajstić information content (AvgIpc) is 2.50. The Bertz CT molecular complexity index is 388. The molecule has 2 aliphatic heterocycles. The summed E-state index contributed by atoms with van der Waals surface area (Å²) in [5.74, 6) is -1.67. The summed E-state index contributed by atoms with van der Waals surface area (Å²) in [5.41, 5.74) is 5.48. The molecule has 0 aromatic carbocycles. The number of carbonyl (C=O) groups is 2. The Labute approximate surface area is 174 Å². The van der Waals surface area contributed by atoms with E-state index < -0.39 is 49.3 Å². The quantitative estimate of drug-likeness (QED) is 0.332. The Balaban J connectivity index is 0. The van der Waals surface area contributed by atoms with Crippen LogP contribution in [0.1, 0.15) is 20.3 Å². The van der Waals surface area contributed by atoms with Crippen LogP contribution in [-0.4, -0.2) is 87.1 Å². The van der Waals surface area contributed by atoms with Gasteiger partial charge in [-0.1, -0.05) is 0 Å². The van der Waals surface area contributed by atoms with E-state index in [4.69, 9.17) is 54.3 Å². The minimum Gasteiger partial charge on any atom is -0.481 e. The van der Waals surface area contributed by atoms with Crippen molar-refractivity contribution in [2.24, 2.45) is 5.73 Å². The molecule has 2 aliphatic rings. The standard InChI is InChI=1S/C3H8NO7Si6.2C2H4O2.Cu/c4-2-1-3-17-9-14(5-12)7-16(11-17)8-15(6-13)10-17;2*1-2(3)4;/h1-4H2;2*1H3,(H,3,4);. The van der Waals surface area contributed by atoms with E-state index in [0.29, 0.717) is 12.6 Å². The monoisotopic (exact) mass is 521 g/mol. The third-order valence-corrected chi connectivity index (χ3v) is 12.6. The maximum atomic E-state index is 9.00. The number of nitrogens with two attached hydrogens (primary N) is 1. The molecule has 2 heterocycles. The van der Waals surface area contributed by atoms with Crippen LogP contribution in [-0.2, 0) is 55.5 Å². The van der Waals surface area contributed by atoms with Crippen LogP contribution in [0.5, 0.6) is 0 Å². The minimum absolute atomic E-state index is 0. The fraction of sp³-hybridized carbons (Fsp3) is 0.714. The first kappa shape index (κ1) is 28.6. The third-order valence-electron chi connectivity index (χ3n) is 1.90. The normalized spacial score (nSPS) is 19.1. The van der Waals surface area contributed by atoms with Crippen molar-refractivity contribution in [3.63, 3.8) is 0 Å². The van der Waals surface area contributed by atoms with Crippen LogP contribution in [0.4, 0.5) is 0 Å². The number of carboxylic acids is 2. The van der Waals surface area contributed by atoms with Gasteiger partial charge in [0.1, 0.15) is 0 Å². The van der Waals surface area contributed by atoms with Crippen molar-refractivity contribution in [1.29, 1.82) is 0 Å². The van der Waals surface area contributed by atoms with E-state index in [-0.39, 0.29) is 17.1 Å². The smallest absolute Gasteiger partial charge is 0.481 e. The van der Waals surface area contributed by atoms with Gasteiger partial charge in [-0.2, -0.15) is 0 Å². The second kappa shape index (κ2) is 15.4. The summed E-state index contributed by atoms with van der Waals surface area (Å²) in [5, 5.41) is 14.8. The number of carboxylic acid groups (broad SMARTS) is 2. The Morgan fingerprint density at radius 2 is 1.42 bits per heavy atom. The summed E-state index contributed by atoms with van der Waals surface area (Å²) in [4.78, 5) is 18.0. The summed E-state index contributed by atoms with van der Waals surface area (Å²) in [6.07, 6.45) is 0.731. The van der Waals surface area contributed by atoms with Gasteiger partial charge in [0.15, 0.2) is 0 Å². The Hall–Kier alpha value is 0.441. The largest absolute Gasteiger partial charge is 0.553 e. The number of fused-ring (bicyclic) bond motifs is 2. The van der Waals surface area contributed by atoms with Crippen molar-refractivity contribution in [2.45, 2.75) is 26.3 Å². The SMILES string of the molecule is CC(=O)O.CC(=O)O.NCCC[Si]12O[Si](O[Si])O[Si](O[Si](O[Si])O1)O2.[Cu]. The minimum atomic E-state index is -2.83. The molecule has 19 heteroatoms. The Morgan fingerprint density at radius 1 is 1.04 bits per heavy atom. The molecule has 2 fully saturated rings. The van der Waals surface area contributed by atoms with Crippen molar-refractivity contribution in [3.05, 3.63) is 0 Å². The molecule has 10 radical (unpaired) electrons. The molecule has 150 valence electrons. The van der Waals surface area contributed by atoms with E-state index in [1.807, 2.05) is 0 Å². The van der Waals surface area contributed by atoms with E-state index >= 15 is 0 Å². The topological polar surface area (TPSA) is 165 Å². The van der Waals surface area contributed by atoms with Gasteiger partial charge < -0.3 is 44.8 Å². The van der Waals surface area contributed by atoms with Gasteiger partial charge in [-0.15, -0.1) is 0 Å². The van der Waals surface area contributed by atoms with Crippen LogP contribution in [0.3, 0.4) is 0 Å². The first-order chi connectivity index (χ1) is 11.7. The molecule has 0 unspecified atom stereocenters. The Kier molecular flexibility index (Phi) is 16.9. The second-order valence-electron chi connectivity index (χ2n) is 4.08. The van der Waals surface area contributed by atoms with E-state index in [0.717, 1.165) is 20.3 Å². The van der Waals surface area contributed by atoms with Gasteiger partial charge >= 0.3 is 37.4 Å². The van der Waals surface area contributed by atoms with Gasteiger partial charge in [0.25, 0.3) is 11.9 Å². The molecule has 0 aromatic rings. The molecule has 12 nitrogen and oxygen atoms in total. The second-order valence-corrected chi connectivity index (χ2v) is 13.2. The zero-order valence-electron chi connectivity index (χ0n) is 13.6. The van der Waals surface area contributed by atoms with Crippen molar-refractivity contribution in [1.82, 2.24) is 0 Å². The van der Waals surface area contributed by atoms with Crippen LogP contribution >= 0.6 is 0 Å². The van der Waals surface area contributed by atoms with Crippen LogP contribution in [0.25, 0.3) is 0 Å². The first-order valence-electron chi connectivity index (χ1n) is 6.48. The van der Waals surface area contributed by atoms with E-state index in [2.05, 4.69) is 21.0 Å². The molecule has 2 saturated heterocycles.